The van der Waals surface area contributed by atoms with Crippen molar-refractivity contribution in [3.8, 4) is 0 Å². The molecule has 1 N–H and O–H groups in total. The molecular weight excluding hydrogens is 250 g/mol. The van der Waals surface area contributed by atoms with Gasteiger partial charge in [-0.05, 0) is 60.0 Å². The van der Waals surface area contributed by atoms with E-state index in [9.17, 15) is 0 Å². The SMILES string of the molecule is CC(C)N1CCC(CNCc2cn(C(C)(C)C)nn2)C1. The standard InChI is InChI=1S/C15H29N5/c1-12(2)19-7-6-13(10-19)8-16-9-14-11-20(18-17-14)15(3,4)5/h11-13,16H,6-10H2,1-5H3. The summed E-state index contributed by atoms with van der Waals surface area (Å²) in [6, 6.07) is 0.673. The van der Waals surface area contributed by atoms with Crippen molar-refractivity contribution in [1.82, 2.24) is 25.2 Å². The third kappa shape index (κ3) is 4.03. The maximum absolute atomic E-state index is 4.23. The van der Waals surface area contributed by atoms with Crippen LogP contribution in [0.25, 0.3) is 0 Å². The van der Waals surface area contributed by atoms with Gasteiger partial charge in [0, 0.05) is 19.1 Å². The predicted molar refractivity (Wildman–Crippen MR) is 81.5 cm³/mol. The quantitative estimate of drug-likeness (QED) is 0.893. The second kappa shape index (κ2) is 6.22. The molecule has 2 heterocycles. The first-order valence-corrected chi connectivity index (χ1v) is 7.72. The number of aromatic nitrogens is 3. The third-order valence-corrected chi connectivity index (χ3v) is 4.01. The monoisotopic (exact) mass is 279 g/mol. The molecule has 0 amide bonds. The number of likely N-dealkylation sites (tertiary alicyclic amines) is 1. The van der Waals surface area contributed by atoms with Gasteiger partial charge in [-0.3, -0.25) is 0 Å². The molecular formula is C15H29N5. The Labute approximate surface area is 122 Å². The zero-order valence-corrected chi connectivity index (χ0v) is 13.6. The van der Waals surface area contributed by atoms with Gasteiger partial charge in [-0.15, -0.1) is 5.10 Å². The Hall–Kier alpha value is -0.940. The summed E-state index contributed by atoms with van der Waals surface area (Å²) in [5, 5.41) is 11.9. The van der Waals surface area contributed by atoms with Gasteiger partial charge in [0.15, 0.2) is 0 Å². The molecule has 1 fully saturated rings. The molecule has 114 valence electrons. The Bertz CT molecular complexity index is 418. The van der Waals surface area contributed by atoms with Crippen molar-refractivity contribution in [2.75, 3.05) is 19.6 Å². The number of hydrogen-bond donors (Lipinski definition) is 1. The number of rotatable bonds is 5. The average molecular weight is 279 g/mol. The second-order valence-corrected chi connectivity index (χ2v) is 7.20. The van der Waals surface area contributed by atoms with E-state index in [-0.39, 0.29) is 5.54 Å². The molecule has 1 aliphatic rings. The van der Waals surface area contributed by atoms with E-state index in [1.807, 2.05) is 10.9 Å². The molecule has 0 radical (unpaired) electrons. The molecule has 2 rings (SSSR count). The van der Waals surface area contributed by atoms with Crippen LogP contribution >= 0.6 is 0 Å². The summed E-state index contributed by atoms with van der Waals surface area (Å²) in [6.45, 7) is 15.3. The molecule has 0 aliphatic carbocycles. The van der Waals surface area contributed by atoms with Crippen molar-refractivity contribution >= 4 is 0 Å². The molecule has 20 heavy (non-hydrogen) atoms. The van der Waals surface area contributed by atoms with Crippen LogP contribution in [-0.2, 0) is 12.1 Å². The molecule has 1 saturated heterocycles. The molecule has 1 atom stereocenters. The summed E-state index contributed by atoms with van der Waals surface area (Å²) < 4.78 is 1.93. The van der Waals surface area contributed by atoms with Gasteiger partial charge in [-0.2, -0.15) is 0 Å². The number of hydrogen-bond acceptors (Lipinski definition) is 4. The highest BCUT2D eigenvalue weighted by Crippen LogP contribution is 2.17. The number of nitrogens with one attached hydrogen (secondary N) is 1. The minimum absolute atomic E-state index is 0.00840. The van der Waals surface area contributed by atoms with Gasteiger partial charge < -0.3 is 10.2 Å². The molecule has 1 unspecified atom stereocenters. The lowest BCUT2D eigenvalue weighted by Crippen LogP contribution is -2.30. The maximum atomic E-state index is 4.23. The minimum Gasteiger partial charge on any atom is -0.311 e. The normalized spacial score (nSPS) is 21.0. The van der Waals surface area contributed by atoms with Crippen molar-refractivity contribution in [1.29, 1.82) is 0 Å². The van der Waals surface area contributed by atoms with E-state index >= 15 is 0 Å². The van der Waals surface area contributed by atoms with Gasteiger partial charge >= 0.3 is 0 Å². The lowest BCUT2D eigenvalue weighted by Gasteiger charge is -2.20. The lowest BCUT2D eigenvalue weighted by atomic mass is 10.1. The van der Waals surface area contributed by atoms with E-state index in [1.165, 1.54) is 19.5 Å². The van der Waals surface area contributed by atoms with E-state index in [0.29, 0.717) is 6.04 Å². The Kier molecular flexibility index (Phi) is 4.81. The molecule has 0 saturated carbocycles. The summed E-state index contributed by atoms with van der Waals surface area (Å²) in [5.41, 5.74) is 1.03. The molecule has 1 aromatic rings. The predicted octanol–water partition coefficient (Wildman–Crippen LogP) is 1.85. The van der Waals surface area contributed by atoms with Gasteiger partial charge in [0.2, 0.25) is 0 Å². The third-order valence-electron chi connectivity index (χ3n) is 4.01. The van der Waals surface area contributed by atoms with Crippen LogP contribution in [0.5, 0.6) is 0 Å². The van der Waals surface area contributed by atoms with Crippen LogP contribution in [0.4, 0.5) is 0 Å². The molecule has 0 bridgehead atoms. The zero-order valence-electron chi connectivity index (χ0n) is 13.6. The summed E-state index contributed by atoms with van der Waals surface area (Å²) in [5.74, 6) is 0.773. The van der Waals surface area contributed by atoms with Crippen LogP contribution in [0.3, 0.4) is 0 Å². The zero-order chi connectivity index (χ0) is 14.8. The van der Waals surface area contributed by atoms with Gasteiger partial charge in [-0.1, -0.05) is 5.21 Å². The van der Waals surface area contributed by atoms with E-state index in [2.05, 4.69) is 55.1 Å². The first kappa shape index (κ1) is 15.4. The highest BCUT2D eigenvalue weighted by atomic mass is 15.4. The van der Waals surface area contributed by atoms with Crippen molar-refractivity contribution < 1.29 is 0 Å². The lowest BCUT2D eigenvalue weighted by molar-refractivity contribution is 0.264. The molecule has 5 nitrogen and oxygen atoms in total. The minimum atomic E-state index is 0.00840. The van der Waals surface area contributed by atoms with Crippen molar-refractivity contribution in [2.45, 2.75) is 59.2 Å². The first-order chi connectivity index (χ1) is 9.36. The van der Waals surface area contributed by atoms with E-state index in [4.69, 9.17) is 0 Å². The van der Waals surface area contributed by atoms with E-state index in [1.54, 1.807) is 0 Å². The molecule has 0 spiro atoms. The summed E-state index contributed by atoms with van der Waals surface area (Å²) >= 11 is 0. The second-order valence-electron chi connectivity index (χ2n) is 7.20. The average Bonchev–Trinajstić information content (AvgIpc) is 2.96. The van der Waals surface area contributed by atoms with Crippen molar-refractivity contribution in [2.24, 2.45) is 5.92 Å². The van der Waals surface area contributed by atoms with Crippen LogP contribution in [0.2, 0.25) is 0 Å². The van der Waals surface area contributed by atoms with Crippen molar-refractivity contribution in [3.05, 3.63) is 11.9 Å². The summed E-state index contributed by atoms with van der Waals surface area (Å²) in [4.78, 5) is 2.56. The van der Waals surface area contributed by atoms with Gasteiger partial charge in [-0.25, -0.2) is 4.68 Å². The van der Waals surface area contributed by atoms with Gasteiger partial charge in [0.05, 0.1) is 17.4 Å². The highest BCUT2D eigenvalue weighted by Gasteiger charge is 2.23. The molecule has 1 aromatic heterocycles. The molecule has 1 aliphatic heterocycles. The first-order valence-electron chi connectivity index (χ1n) is 7.72. The van der Waals surface area contributed by atoms with Gasteiger partial charge in [0.1, 0.15) is 0 Å². The Morgan fingerprint density at radius 1 is 1.40 bits per heavy atom. The summed E-state index contributed by atoms with van der Waals surface area (Å²) in [7, 11) is 0. The Morgan fingerprint density at radius 2 is 2.15 bits per heavy atom. The highest BCUT2D eigenvalue weighted by molar-refractivity contribution is 4.94. The van der Waals surface area contributed by atoms with Crippen LogP contribution < -0.4 is 5.32 Å². The fraction of sp³-hybridized carbons (Fsp3) is 0.867. The topological polar surface area (TPSA) is 46.0 Å². The van der Waals surface area contributed by atoms with Crippen LogP contribution in [-0.4, -0.2) is 45.6 Å². The Morgan fingerprint density at radius 3 is 2.70 bits per heavy atom. The van der Waals surface area contributed by atoms with E-state index in [0.717, 1.165) is 24.7 Å². The fourth-order valence-corrected chi connectivity index (χ4v) is 2.61. The van der Waals surface area contributed by atoms with Crippen LogP contribution in [0.15, 0.2) is 6.20 Å². The maximum Gasteiger partial charge on any atom is 0.0965 e. The number of nitrogens with zero attached hydrogens (tertiary/aromatic N) is 4. The Balaban J connectivity index is 1.73. The smallest absolute Gasteiger partial charge is 0.0965 e. The van der Waals surface area contributed by atoms with Crippen LogP contribution in [0, 0.1) is 5.92 Å². The van der Waals surface area contributed by atoms with Crippen LogP contribution in [0.1, 0.15) is 46.7 Å². The largest absolute Gasteiger partial charge is 0.311 e. The summed E-state index contributed by atoms with van der Waals surface area (Å²) in [6.07, 6.45) is 3.35. The van der Waals surface area contributed by atoms with Gasteiger partial charge in [0.25, 0.3) is 0 Å². The van der Waals surface area contributed by atoms with Crippen molar-refractivity contribution in [3.63, 3.8) is 0 Å². The van der Waals surface area contributed by atoms with E-state index < -0.39 is 0 Å². The fourth-order valence-electron chi connectivity index (χ4n) is 2.61. The molecule has 0 aromatic carbocycles. The molecule has 5 heteroatoms.